The van der Waals surface area contributed by atoms with Gasteiger partial charge in [-0.05, 0) is 12.1 Å². The normalized spacial score (nSPS) is 15.3. The third-order valence-corrected chi connectivity index (χ3v) is 2.02. The summed E-state index contributed by atoms with van der Waals surface area (Å²) in [7, 11) is 3.24. The number of hydrogen-bond donors (Lipinski definition) is 0. The number of ether oxygens (including phenoxy) is 1. The molecule has 0 amide bonds. The van der Waals surface area contributed by atoms with Crippen molar-refractivity contribution < 1.29 is 4.74 Å². The zero-order valence-electron chi connectivity index (χ0n) is 8.06. The quantitative estimate of drug-likeness (QED) is 0.523. The van der Waals surface area contributed by atoms with Crippen LogP contribution in [0.5, 0.6) is 0 Å². The van der Waals surface area contributed by atoms with E-state index in [9.17, 15) is 5.21 Å². The van der Waals surface area contributed by atoms with E-state index in [1.807, 2.05) is 30.3 Å². The van der Waals surface area contributed by atoms with Crippen LogP contribution in [0.4, 0.5) is 5.69 Å². The standard InChI is InChI=1S/C10H15NO2/c1-11(12,8-9-13-2)10-6-4-3-5-7-10/h3-7H,8-9H2,1-2H3. The zero-order valence-corrected chi connectivity index (χ0v) is 8.06. The number of hydrogen-bond acceptors (Lipinski definition) is 2. The zero-order chi connectivity index (χ0) is 9.73. The maximum Gasteiger partial charge on any atom is 0.132 e. The maximum atomic E-state index is 11.9. The molecule has 3 nitrogen and oxygen atoms in total. The molecule has 0 fully saturated rings. The number of hydroxylamine groups is 2. The van der Waals surface area contributed by atoms with Crippen molar-refractivity contribution in [1.82, 2.24) is 4.65 Å². The van der Waals surface area contributed by atoms with Gasteiger partial charge in [0.05, 0.1) is 13.7 Å². The Morgan fingerprint density at radius 3 is 2.46 bits per heavy atom. The molecule has 1 aromatic rings. The molecule has 1 rings (SSSR count). The largest absolute Gasteiger partial charge is 0.627 e. The van der Waals surface area contributed by atoms with E-state index in [1.54, 1.807) is 14.2 Å². The SMILES string of the molecule is COCC[N+](C)([O-])c1ccccc1. The lowest BCUT2D eigenvalue weighted by Gasteiger charge is -2.37. The minimum absolute atomic E-state index is 0.380. The van der Waals surface area contributed by atoms with Gasteiger partial charge in [0.1, 0.15) is 12.2 Å². The summed E-state index contributed by atoms with van der Waals surface area (Å²) in [4.78, 5) is 0. The van der Waals surface area contributed by atoms with Crippen molar-refractivity contribution in [2.45, 2.75) is 0 Å². The molecule has 0 spiro atoms. The lowest BCUT2D eigenvalue weighted by atomic mass is 10.3. The van der Waals surface area contributed by atoms with Crippen LogP contribution in [0.15, 0.2) is 30.3 Å². The van der Waals surface area contributed by atoms with Gasteiger partial charge in [-0.3, -0.25) is 0 Å². The van der Waals surface area contributed by atoms with Gasteiger partial charge in [0.15, 0.2) is 0 Å². The number of methoxy groups -OCH3 is 1. The number of para-hydroxylation sites is 1. The molecule has 72 valence electrons. The fourth-order valence-corrected chi connectivity index (χ4v) is 1.14. The highest BCUT2D eigenvalue weighted by Crippen LogP contribution is 2.17. The van der Waals surface area contributed by atoms with Gasteiger partial charge in [-0.2, -0.15) is 0 Å². The van der Waals surface area contributed by atoms with E-state index in [0.29, 0.717) is 13.2 Å². The molecule has 1 aromatic carbocycles. The monoisotopic (exact) mass is 181 g/mol. The van der Waals surface area contributed by atoms with Gasteiger partial charge in [-0.15, -0.1) is 0 Å². The highest BCUT2D eigenvalue weighted by Gasteiger charge is 2.12. The highest BCUT2D eigenvalue weighted by atomic mass is 16.5. The second-order valence-corrected chi connectivity index (χ2v) is 3.15. The highest BCUT2D eigenvalue weighted by molar-refractivity contribution is 5.42. The van der Waals surface area contributed by atoms with Crippen LogP contribution in [-0.2, 0) is 4.74 Å². The topological polar surface area (TPSA) is 32.3 Å². The predicted molar refractivity (Wildman–Crippen MR) is 54.3 cm³/mol. The fraction of sp³-hybridized carbons (Fsp3) is 0.400. The van der Waals surface area contributed by atoms with Crippen LogP contribution in [0.3, 0.4) is 0 Å². The Bertz CT molecular complexity index is 246. The Labute approximate surface area is 78.7 Å². The van der Waals surface area contributed by atoms with Crippen LogP contribution >= 0.6 is 0 Å². The fourth-order valence-electron chi connectivity index (χ4n) is 1.14. The minimum atomic E-state index is -0.380. The second-order valence-electron chi connectivity index (χ2n) is 3.15. The van der Waals surface area contributed by atoms with Gasteiger partial charge < -0.3 is 14.6 Å². The summed E-state index contributed by atoms with van der Waals surface area (Å²) in [6.45, 7) is 0.926. The van der Waals surface area contributed by atoms with Crippen molar-refractivity contribution in [2.75, 3.05) is 27.3 Å². The van der Waals surface area contributed by atoms with E-state index in [4.69, 9.17) is 4.74 Å². The Morgan fingerprint density at radius 2 is 1.92 bits per heavy atom. The molecule has 3 heteroatoms. The van der Waals surface area contributed by atoms with E-state index < -0.39 is 0 Å². The van der Waals surface area contributed by atoms with Crippen molar-refractivity contribution in [3.63, 3.8) is 0 Å². The van der Waals surface area contributed by atoms with Crippen LogP contribution in [0.25, 0.3) is 0 Å². The molecule has 0 saturated heterocycles. The van der Waals surface area contributed by atoms with Crippen LogP contribution in [-0.4, -0.2) is 27.3 Å². The molecule has 0 heterocycles. The van der Waals surface area contributed by atoms with Gasteiger partial charge in [-0.1, -0.05) is 18.2 Å². The smallest absolute Gasteiger partial charge is 0.132 e. The number of likely N-dealkylation sites (N-methyl/N-ethyl adjacent to an activating group) is 1. The molecule has 0 bridgehead atoms. The van der Waals surface area contributed by atoms with Crippen molar-refractivity contribution in [3.05, 3.63) is 35.5 Å². The number of rotatable bonds is 4. The Hall–Kier alpha value is -0.900. The molecule has 0 aliphatic rings. The first-order valence-electron chi connectivity index (χ1n) is 4.28. The van der Waals surface area contributed by atoms with E-state index in [1.165, 1.54) is 0 Å². The van der Waals surface area contributed by atoms with Gasteiger partial charge in [0, 0.05) is 7.11 Å². The average Bonchev–Trinajstić information content (AvgIpc) is 2.16. The van der Waals surface area contributed by atoms with Gasteiger partial charge in [0.2, 0.25) is 0 Å². The molecule has 0 aliphatic heterocycles. The summed E-state index contributed by atoms with van der Waals surface area (Å²) >= 11 is 0. The van der Waals surface area contributed by atoms with E-state index in [-0.39, 0.29) is 4.65 Å². The molecule has 0 aliphatic carbocycles. The summed E-state index contributed by atoms with van der Waals surface area (Å²) in [5, 5.41) is 11.9. The molecular formula is C10H15NO2. The Balaban J connectivity index is 2.69. The third-order valence-electron chi connectivity index (χ3n) is 2.02. The molecule has 1 unspecified atom stereocenters. The second kappa shape index (κ2) is 4.37. The van der Waals surface area contributed by atoms with Gasteiger partial charge in [0.25, 0.3) is 0 Å². The van der Waals surface area contributed by atoms with Crippen molar-refractivity contribution in [2.24, 2.45) is 0 Å². The van der Waals surface area contributed by atoms with E-state index >= 15 is 0 Å². The van der Waals surface area contributed by atoms with Crippen molar-refractivity contribution in [3.8, 4) is 0 Å². The first-order valence-corrected chi connectivity index (χ1v) is 4.28. The Morgan fingerprint density at radius 1 is 1.31 bits per heavy atom. The summed E-state index contributed by atoms with van der Waals surface area (Å²) in [5.74, 6) is 0. The molecule has 0 N–H and O–H groups in total. The summed E-state index contributed by atoms with van der Waals surface area (Å²) < 4.78 is 4.50. The van der Waals surface area contributed by atoms with Crippen LogP contribution in [0.2, 0.25) is 0 Å². The van der Waals surface area contributed by atoms with Gasteiger partial charge in [-0.25, -0.2) is 0 Å². The molecular weight excluding hydrogens is 166 g/mol. The first-order chi connectivity index (χ1) is 6.17. The summed E-state index contributed by atoms with van der Waals surface area (Å²) in [5.41, 5.74) is 0.763. The lowest BCUT2D eigenvalue weighted by molar-refractivity contribution is 0.178. The third kappa shape index (κ3) is 2.81. The van der Waals surface area contributed by atoms with Crippen LogP contribution in [0, 0.1) is 5.21 Å². The number of nitrogens with zero attached hydrogens (tertiary/aromatic N) is 1. The summed E-state index contributed by atoms with van der Waals surface area (Å²) in [6, 6.07) is 9.32. The van der Waals surface area contributed by atoms with E-state index in [2.05, 4.69) is 0 Å². The maximum absolute atomic E-state index is 11.9. The minimum Gasteiger partial charge on any atom is -0.627 e. The van der Waals surface area contributed by atoms with Gasteiger partial charge >= 0.3 is 0 Å². The van der Waals surface area contributed by atoms with Crippen molar-refractivity contribution >= 4 is 5.69 Å². The van der Waals surface area contributed by atoms with Crippen molar-refractivity contribution in [1.29, 1.82) is 0 Å². The predicted octanol–water partition coefficient (Wildman–Crippen LogP) is 1.77. The number of benzene rings is 1. The average molecular weight is 181 g/mol. The summed E-state index contributed by atoms with van der Waals surface area (Å²) in [6.07, 6.45) is 0. The molecule has 0 saturated carbocycles. The van der Waals surface area contributed by atoms with Crippen LogP contribution < -0.4 is 4.65 Å². The lowest BCUT2D eigenvalue weighted by Crippen LogP contribution is -2.41. The first kappa shape index (κ1) is 10.2. The molecule has 0 radical (unpaired) electrons. The van der Waals surface area contributed by atoms with Crippen LogP contribution in [0.1, 0.15) is 0 Å². The Kier molecular flexibility index (Phi) is 3.42. The van der Waals surface area contributed by atoms with E-state index in [0.717, 1.165) is 5.69 Å². The molecule has 13 heavy (non-hydrogen) atoms. The molecule has 0 aromatic heterocycles. The number of quaternary nitrogens is 1. The molecule has 1 atom stereocenters.